The van der Waals surface area contributed by atoms with Crippen LogP contribution in [0.1, 0.15) is 76.0 Å². The predicted octanol–water partition coefficient (Wildman–Crippen LogP) is 5.26. The summed E-state index contributed by atoms with van der Waals surface area (Å²) in [6.45, 7) is 5.56. The molecule has 0 aromatic heterocycles. The van der Waals surface area contributed by atoms with Gasteiger partial charge in [0.05, 0.1) is 0 Å². The van der Waals surface area contributed by atoms with Gasteiger partial charge in [0.15, 0.2) is 0 Å². The average Bonchev–Trinajstić information content (AvgIpc) is 2.52. The molecule has 1 N–H and O–H groups in total. The van der Waals surface area contributed by atoms with Gasteiger partial charge < -0.3 is 5.32 Å². The smallest absolute Gasteiger partial charge is 0.0348 e. The van der Waals surface area contributed by atoms with E-state index >= 15 is 0 Å². The van der Waals surface area contributed by atoms with Crippen LogP contribution >= 0.6 is 0 Å². The SMILES string of the molecule is CCCCc1ccc(C(NCC)C2CCCCC2)cc1. The molecule has 1 nitrogen and oxygen atoms in total. The number of benzene rings is 1. The first-order valence-corrected chi connectivity index (χ1v) is 8.67. The van der Waals surface area contributed by atoms with Gasteiger partial charge in [-0.25, -0.2) is 0 Å². The first-order valence-electron chi connectivity index (χ1n) is 8.67. The second kappa shape index (κ2) is 8.46. The van der Waals surface area contributed by atoms with Crippen molar-refractivity contribution in [3.05, 3.63) is 35.4 Å². The molecule has 1 aromatic carbocycles. The van der Waals surface area contributed by atoms with E-state index in [4.69, 9.17) is 0 Å². The quantitative estimate of drug-likeness (QED) is 0.714. The van der Waals surface area contributed by atoms with E-state index in [-0.39, 0.29) is 0 Å². The molecular formula is C19H31N. The lowest BCUT2D eigenvalue weighted by Gasteiger charge is -2.31. The number of aryl methyl sites for hydroxylation is 1. The Morgan fingerprint density at radius 2 is 1.75 bits per heavy atom. The van der Waals surface area contributed by atoms with Crippen molar-refractivity contribution in [2.45, 2.75) is 71.3 Å². The highest BCUT2D eigenvalue weighted by atomic mass is 14.9. The lowest BCUT2D eigenvalue weighted by atomic mass is 9.81. The minimum Gasteiger partial charge on any atom is -0.310 e. The summed E-state index contributed by atoms with van der Waals surface area (Å²) in [5.74, 6) is 0.838. The van der Waals surface area contributed by atoms with Crippen LogP contribution in [0.3, 0.4) is 0 Å². The Bertz CT molecular complexity index is 362. The molecule has 1 fully saturated rings. The van der Waals surface area contributed by atoms with Gasteiger partial charge in [-0.15, -0.1) is 0 Å². The molecule has 0 saturated heterocycles. The maximum atomic E-state index is 3.73. The number of hydrogen-bond acceptors (Lipinski definition) is 1. The Morgan fingerprint density at radius 3 is 2.35 bits per heavy atom. The van der Waals surface area contributed by atoms with E-state index < -0.39 is 0 Å². The largest absolute Gasteiger partial charge is 0.310 e. The zero-order valence-electron chi connectivity index (χ0n) is 13.3. The minimum atomic E-state index is 0.570. The van der Waals surface area contributed by atoms with Gasteiger partial charge in [-0.05, 0) is 49.3 Å². The van der Waals surface area contributed by atoms with Gasteiger partial charge in [0.2, 0.25) is 0 Å². The summed E-state index contributed by atoms with van der Waals surface area (Å²) < 4.78 is 0. The molecule has 112 valence electrons. The molecule has 1 aliphatic rings. The Balaban J connectivity index is 2.04. The number of unbranched alkanes of at least 4 members (excludes halogenated alkanes) is 1. The molecule has 0 amide bonds. The zero-order valence-corrected chi connectivity index (χ0v) is 13.3. The van der Waals surface area contributed by atoms with Gasteiger partial charge in [0.25, 0.3) is 0 Å². The molecule has 0 heterocycles. The summed E-state index contributed by atoms with van der Waals surface area (Å²) in [5.41, 5.74) is 2.99. The van der Waals surface area contributed by atoms with E-state index in [1.54, 1.807) is 0 Å². The third-order valence-electron chi connectivity index (χ3n) is 4.70. The van der Waals surface area contributed by atoms with Crippen molar-refractivity contribution in [2.24, 2.45) is 5.92 Å². The number of hydrogen-bond donors (Lipinski definition) is 1. The molecule has 0 bridgehead atoms. The van der Waals surface area contributed by atoms with Crippen molar-refractivity contribution < 1.29 is 0 Å². The van der Waals surface area contributed by atoms with Crippen molar-refractivity contribution in [3.63, 3.8) is 0 Å². The molecular weight excluding hydrogens is 242 g/mol. The van der Waals surface area contributed by atoms with Crippen LogP contribution in [0.5, 0.6) is 0 Å². The summed E-state index contributed by atoms with van der Waals surface area (Å²) in [4.78, 5) is 0. The van der Waals surface area contributed by atoms with E-state index in [2.05, 4.69) is 43.4 Å². The van der Waals surface area contributed by atoms with Crippen molar-refractivity contribution in [2.75, 3.05) is 6.54 Å². The Hall–Kier alpha value is -0.820. The molecule has 0 aliphatic heterocycles. The summed E-state index contributed by atoms with van der Waals surface area (Å²) in [7, 11) is 0. The van der Waals surface area contributed by atoms with Crippen LogP contribution in [0.2, 0.25) is 0 Å². The Kier molecular flexibility index (Phi) is 6.59. The van der Waals surface area contributed by atoms with Crippen LogP contribution in [-0.2, 0) is 6.42 Å². The fourth-order valence-electron chi connectivity index (χ4n) is 3.52. The van der Waals surface area contributed by atoms with Gasteiger partial charge in [-0.1, -0.05) is 63.8 Å². The summed E-state index contributed by atoms with van der Waals surface area (Å²) in [6.07, 6.45) is 10.9. The van der Waals surface area contributed by atoms with Crippen molar-refractivity contribution in [1.29, 1.82) is 0 Å². The summed E-state index contributed by atoms with van der Waals surface area (Å²) in [6, 6.07) is 10.00. The van der Waals surface area contributed by atoms with E-state index in [0.717, 1.165) is 12.5 Å². The van der Waals surface area contributed by atoms with Gasteiger partial charge in [0, 0.05) is 6.04 Å². The molecule has 2 rings (SSSR count). The van der Waals surface area contributed by atoms with Gasteiger partial charge in [-0.2, -0.15) is 0 Å². The molecule has 1 aliphatic carbocycles. The molecule has 1 heteroatoms. The first-order chi connectivity index (χ1) is 9.85. The number of rotatable bonds is 7. The predicted molar refractivity (Wildman–Crippen MR) is 88.0 cm³/mol. The lowest BCUT2D eigenvalue weighted by Crippen LogP contribution is -2.29. The van der Waals surface area contributed by atoms with Crippen molar-refractivity contribution >= 4 is 0 Å². The third kappa shape index (κ3) is 4.34. The maximum absolute atomic E-state index is 3.73. The second-order valence-corrected chi connectivity index (χ2v) is 6.28. The highest BCUT2D eigenvalue weighted by Crippen LogP contribution is 2.34. The molecule has 1 aromatic rings. The standard InChI is InChI=1S/C19H31N/c1-3-5-9-16-12-14-18(15-13-16)19(20-4-2)17-10-7-6-8-11-17/h12-15,17,19-20H,3-11H2,1-2H3. The Labute approximate surface area is 125 Å². The van der Waals surface area contributed by atoms with Crippen LogP contribution in [0.4, 0.5) is 0 Å². The highest BCUT2D eigenvalue weighted by Gasteiger charge is 2.24. The first kappa shape index (κ1) is 15.6. The van der Waals surface area contributed by atoms with Crippen LogP contribution in [0, 0.1) is 5.92 Å². The third-order valence-corrected chi connectivity index (χ3v) is 4.70. The molecule has 0 spiro atoms. The lowest BCUT2D eigenvalue weighted by molar-refractivity contribution is 0.274. The van der Waals surface area contributed by atoms with Crippen LogP contribution < -0.4 is 5.32 Å². The molecule has 1 saturated carbocycles. The van der Waals surface area contributed by atoms with E-state index in [1.807, 2.05) is 0 Å². The van der Waals surface area contributed by atoms with Gasteiger partial charge in [-0.3, -0.25) is 0 Å². The van der Waals surface area contributed by atoms with Gasteiger partial charge >= 0.3 is 0 Å². The summed E-state index contributed by atoms with van der Waals surface area (Å²) in [5, 5.41) is 3.73. The fourth-order valence-corrected chi connectivity index (χ4v) is 3.52. The van der Waals surface area contributed by atoms with E-state index in [9.17, 15) is 0 Å². The van der Waals surface area contributed by atoms with E-state index in [1.165, 1.54) is 62.5 Å². The number of nitrogens with one attached hydrogen (secondary N) is 1. The van der Waals surface area contributed by atoms with E-state index in [0.29, 0.717) is 6.04 Å². The van der Waals surface area contributed by atoms with Crippen LogP contribution in [-0.4, -0.2) is 6.54 Å². The summed E-state index contributed by atoms with van der Waals surface area (Å²) >= 11 is 0. The second-order valence-electron chi connectivity index (χ2n) is 6.28. The molecule has 1 atom stereocenters. The van der Waals surface area contributed by atoms with Gasteiger partial charge in [0.1, 0.15) is 0 Å². The van der Waals surface area contributed by atoms with Crippen LogP contribution in [0.25, 0.3) is 0 Å². The zero-order chi connectivity index (χ0) is 14.2. The Morgan fingerprint density at radius 1 is 1.05 bits per heavy atom. The molecule has 20 heavy (non-hydrogen) atoms. The monoisotopic (exact) mass is 273 g/mol. The molecule has 1 unspecified atom stereocenters. The average molecular weight is 273 g/mol. The maximum Gasteiger partial charge on any atom is 0.0348 e. The fraction of sp³-hybridized carbons (Fsp3) is 0.684. The van der Waals surface area contributed by atoms with Crippen LogP contribution in [0.15, 0.2) is 24.3 Å². The van der Waals surface area contributed by atoms with Crippen molar-refractivity contribution in [3.8, 4) is 0 Å². The topological polar surface area (TPSA) is 12.0 Å². The molecule has 0 radical (unpaired) electrons. The highest BCUT2D eigenvalue weighted by molar-refractivity contribution is 5.26. The normalized spacial score (nSPS) is 18.1. The van der Waals surface area contributed by atoms with Crippen molar-refractivity contribution in [1.82, 2.24) is 5.32 Å². The minimum absolute atomic E-state index is 0.570.